The number of hydrogen-bond acceptors (Lipinski definition) is 4. The van der Waals surface area contributed by atoms with Crippen LogP contribution in [0.4, 0.5) is 4.79 Å². The molecule has 94 valence electrons. The molecular weight excluding hydrogens is 266 g/mol. The molecule has 0 fully saturated rings. The minimum Gasteiger partial charge on any atom is -0.410 e. The number of fused-ring (bicyclic) bond motifs is 1. The van der Waals surface area contributed by atoms with Gasteiger partial charge in [0, 0.05) is 0 Å². The monoisotopic (exact) mass is 279 g/mol. The summed E-state index contributed by atoms with van der Waals surface area (Å²) in [7, 11) is 0. The first-order chi connectivity index (χ1) is 8.74. The Morgan fingerprint density at radius 2 is 1.72 bits per heavy atom. The minimum absolute atomic E-state index is 0.274. The fraction of sp³-hybridized carbons (Fsp3) is 0.154. The molecule has 0 bridgehead atoms. The van der Waals surface area contributed by atoms with Crippen molar-refractivity contribution < 1.29 is 9.53 Å². The standard InChI is InChI=1S/C13H13NO2S2/c15-13(14(8-17)9-18)16-12-6-5-10-3-1-2-4-11(10)7-12/h1-7,17-18H,8-9H2. The average molecular weight is 279 g/mol. The number of hydrogen-bond donors (Lipinski definition) is 2. The normalized spacial score (nSPS) is 10.3. The predicted octanol–water partition coefficient (Wildman–Crippen LogP) is 3.42. The molecule has 0 aliphatic rings. The SMILES string of the molecule is O=C(Oc1ccc2ccccc2c1)N(CS)CS. The molecule has 0 heterocycles. The smallest absolute Gasteiger partial charge is 0.410 e. The number of ether oxygens (including phenoxy) is 1. The van der Waals surface area contributed by atoms with E-state index in [4.69, 9.17) is 4.74 Å². The van der Waals surface area contributed by atoms with Crippen molar-refractivity contribution in [1.29, 1.82) is 0 Å². The Bertz CT molecular complexity index is 555. The number of benzene rings is 2. The summed E-state index contributed by atoms with van der Waals surface area (Å²) in [5.41, 5.74) is 0. The van der Waals surface area contributed by atoms with Gasteiger partial charge in [-0.25, -0.2) is 4.79 Å². The molecular formula is C13H13NO2S2. The van der Waals surface area contributed by atoms with E-state index in [2.05, 4.69) is 25.3 Å². The van der Waals surface area contributed by atoms with Crippen LogP contribution in [0.2, 0.25) is 0 Å². The first-order valence-electron chi connectivity index (χ1n) is 5.42. The van der Waals surface area contributed by atoms with Gasteiger partial charge in [0.25, 0.3) is 0 Å². The second kappa shape index (κ2) is 6.02. The lowest BCUT2D eigenvalue weighted by atomic mass is 10.1. The van der Waals surface area contributed by atoms with E-state index < -0.39 is 6.09 Å². The van der Waals surface area contributed by atoms with E-state index in [0.717, 1.165) is 10.8 Å². The zero-order valence-corrected chi connectivity index (χ0v) is 11.4. The summed E-state index contributed by atoms with van der Waals surface area (Å²) >= 11 is 8.07. The Balaban J connectivity index is 2.19. The highest BCUT2D eigenvalue weighted by Crippen LogP contribution is 2.21. The van der Waals surface area contributed by atoms with Crippen LogP contribution in [0.5, 0.6) is 5.75 Å². The van der Waals surface area contributed by atoms with Crippen LogP contribution in [0.25, 0.3) is 10.8 Å². The van der Waals surface area contributed by atoms with E-state index in [1.54, 1.807) is 6.07 Å². The lowest BCUT2D eigenvalue weighted by molar-refractivity contribution is 0.168. The highest BCUT2D eigenvalue weighted by Gasteiger charge is 2.12. The van der Waals surface area contributed by atoms with Crippen LogP contribution < -0.4 is 4.74 Å². The minimum atomic E-state index is -0.449. The van der Waals surface area contributed by atoms with Gasteiger partial charge in [-0.2, -0.15) is 25.3 Å². The van der Waals surface area contributed by atoms with Gasteiger partial charge in [-0.05, 0) is 22.9 Å². The summed E-state index contributed by atoms with van der Waals surface area (Å²) in [5.74, 6) is 1.07. The van der Waals surface area contributed by atoms with Crippen LogP contribution in [-0.4, -0.2) is 22.7 Å². The largest absolute Gasteiger partial charge is 0.416 e. The summed E-state index contributed by atoms with van der Waals surface area (Å²) < 4.78 is 5.26. The maximum absolute atomic E-state index is 11.7. The Kier molecular flexibility index (Phi) is 4.38. The Morgan fingerprint density at radius 1 is 1.06 bits per heavy atom. The van der Waals surface area contributed by atoms with Crippen LogP contribution >= 0.6 is 25.3 Å². The molecule has 2 aromatic carbocycles. The summed E-state index contributed by atoms with van der Waals surface area (Å²) in [6.45, 7) is 0. The van der Waals surface area contributed by atoms with Gasteiger partial charge in [0.05, 0.1) is 11.8 Å². The van der Waals surface area contributed by atoms with Crippen LogP contribution in [0, 0.1) is 0 Å². The van der Waals surface area contributed by atoms with Gasteiger partial charge in [-0.1, -0.05) is 30.3 Å². The van der Waals surface area contributed by atoms with E-state index in [0.29, 0.717) is 5.75 Å². The number of carbonyl (C=O) groups is 1. The fourth-order valence-electron chi connectivity index (χ4n) is 1.56. The zero-order valence-electron chi connectivity index (χ0n) is 9.61. The van der Waals surface area contributed by atoms with Gasteiger partial charge < -0.3 is 4.74 Å². The summed E-state index contributed by atoms with van der Waals surface area (Å²) in [6.07, 6.45) is -0.449. The van der Waals surface area contributed by atoms with Gasteiger partial charge in [0.1, 0.15) is 5.75 Å². The average Bonchev–Trinajstić information content (AvgIpc) is 2.40. The van der Waals surface area contributed by atoms with Crippen molar-refractivity contribution in [2.24, 2.45) is 0 Å². The van der Waals surface area contributed by atoms with E-state index >= 15 is 0 Å². The van der Waals surface area contributed by atoms with Crippen LogP contribution in [0.15, 0.2) is 42.5 Å². The molecule has 1 amide bonds. The van der Waals surface area contributed by atoms with Crippen molar-refractivity contribution >= 4 is 42.1 Å². The van der Waals surface area contributed by atoms with Crippen LogP contribution in [0.1, 0.15) is 0 Å². The van der Waals surface area contributed by atoms with Gasteiger partial charge in [0.2, 0.25) is 0 Å². The van der Waals surface area contributed by atoms with E-state index in [1.165, 1.54) is 4.90 Å². The number of carbonyl (C=O) groups excluding carboxylic acids is 1. The molecule has 18 heavy (non-hydrogen) atoms. The molecule has 0 aliphatic carbocycles. The highest BCUT2D eigenvalue weighted by molar-refractivity contribution is 7.81. The molecule has 0 spiro atoms. The molecule has 0 saturated heterocycles. The molecule has 0 N–H and O–H groups in total. The van der Waals surface area contributed by atoms with Crippen molar-refractivity contribution in [3.63, 3.8) is 0 Å². The van der Waals surface area contributed by atoms with Gasteiger partial charge in [-0.15, -0.1) is 0 Å². The number of amides is 1. The third kappa shape index (κ3) is 2.91. The fourth-order valence-corrected chi connectivity index (χ4v) is 2.15. The summed E-state index contributed by atoms with van der Waals surface area (Å²) in [4.78, 5) is 13.1. The van der Waals surface area contributed by atoms with Crippen LogP contribution in [0.3, 0.4) is 0 Å². The molecule has 5 heteroatoms. The second-order valence-electron chi connectivity index (χ2n) is 3.70. The van der Waals surface area contributed by atoms with Gasteiger partial charge >= 0.3 is 6.09 Å². The maximum atomic E-state index is 11.7. The second-order valence-corrected chi connectivity index (χ2v) is 4.27. The van der Waals surface area contributed by atoms with Crippen molar-refractivity contribution in [3.05, 3.63) is 42.5 Å². The molecule has 0 aliphatic heterocycles. The van der Waals surface area contributed by atoms with Crippen molar-refractivity contribution in [2.75, 3.05) is 11.8 Å². The molecule has 0 unspecified atom stereocenters. The van der Waals surface area contributed by atoms with Crippen molar-refractivity contribution in [2.45, 2.75) is 0 Å². The first-order valence-corrected chi connectivity index (χ1v) is 6.68. The third-order valence-electron chi connectivity index (χ3n) is 2.53. The Morgan fingerprint density at radius 3 is 2.39 bits per heavy atom. The summed E-state index contributed by atoms with van der Waals surface area (Å²) in [5, 5.41) is 2.14. The first kappa shape index (κ1) is 13.1. The Hall–Kier alpha value is -1.33. The molecule has 0 atom stereocenters. The van der Waals surface area contributed by atoms with Crippen LogP contribution in [-0.2, 0) is 0 Å². The maximum Gasteiger partial charge on any atom is 0.416 e. The van der Waals surface area contributed by atoms with E-state index in [9.17, 15) is 4.79 Å². The summed E-state index contributed by atoms with van der Waals surface area (Å²) in [6, 6.07) is 13.4. The number of thiol groups is 2. The molecule has 0 saturated carbocycles. The van der Waals surface area contributed by atoms with Gasteiger partial charge in [0.15, 0.2) is 0 Å². The topological polar surface area (TPSA) is 29.5 Å². The molecule has 3 nitrogen and oxygen atoms in total. The van der Waals surface area contributed by atoms with Crippen molar-refractivity contribution in [3.8, 4) is 5.75 Å². The number of rotatable bonds is 3. The lowest BCUT2D eigenvalue weighted by Crippen LogP contribution is -2.31. The van der Waals surface area contributed by atoms with E-state index in [1.807, 2.05) is 36.4 Å². The highest BCUT2D eigenvalue weighted by atomic mass is 32.1. The molecule has 2 rings (SSSR count). The molecule has 2 aromatic rings. The molecule has 0 aromatic heterocycles. The lowest BCUT2D eigenvalue weighted by Gasteiger charge is -2.16. The third-order valence-corrected chi connectivity index (χ3v) is 3.21. The predicted molar refractivity (Wildman–Crippen MR) is 79.5 cm³/mol. The zero-order chi connectivity index (χ0) is 13.0. The van der Waals surface area contributed by atoms with Crippen molar-refractivity contribution in [1.82, 2.24) is 4.90 Å². The van der Waals surface area contributed by atoms with E-state index in [-0.39, 0.29) is 11.8 Å². The van der Waals surface area contributed by atoms with Gasteiger partial charge in [-0.3, -0.25) is 4.90 Å². The molecule has 0 radical (unpaired) electrons. The Labute approximate surface area is 117 Å². The number of nitrogens with zero attached hydrogens (tertiary/aromatic N) is 1. The quantitative estimate of drug-likeness (QED) is 0.666.